The van der Waals surface area contributed by atoms with Gasteiger partial charge < -0.3 is 15.8 Å². The molecule has 1 heterocycles. The third-order valence-electron chi connectivity index (χ3n) is 2.83. The number of thioether (sulfide) groups is 1. The summed E-state index contributed by atoms with van der Waals surface area (Å²) < 4.78 is 0. The summed E-state index contributed by atoms with van der Waals surface area (Å²) in [6, 6.07) is 8.02. The summed E-state index contributed by atoms with van der Waals surface area (Å²) in [5.41, 5.74) is 6.60. The molecular weight excluding hydrogens is 250 g/mol. The van der Waals surface area contributed by atoms with Crippen molar-refractivity contribution < 1.29 is 10.0 Å². The lowest BCUT2D eigenvalue weighted by atomic mass is 10.1. The number of rotatable bonds is 3. The van der Waals surface area contributed by atoms with Crippen molar-refractivity contribution in [2.75, 3.05) is 13.6 Å². The average molecular weight is 265 g/mol. The van der Waals surface area contributed by atoms with Gasteiger partial charge in [-0.25, -0.2) is 0 Å². The van der Waals surface area contributed by atoms with Gasteiger partial charge in [-0.2, -0.15) is 0 Å². The summed E-state index contributed by atoms with van der Waals surface area (Å²) >= 11 is 1.57. The Kier molecular flexibility index (Phi) is 3.76. The molecule has 1 aromatic rings. The molecule has 1 aliphatic heterocycles. The summed E-state index contributed by atoms with van der Waals surface area (Å²) in [7, 11) is 1.66. The molecular formula is C12H15N3O2S. The van der Waals surface area contributed by atoms with E-state index < -0.39 is 0 Å². The van der Waals surface area contributed by atoms with Crippen LogP contribution in [0.3, 0.4) is 0 Å². The largest absolute Gasteiger partial charge is 0.409 e. The predicted octanol–water partition coefficient (Wildman–Crippen LogP) is 0.908. The van der Waals surface area contributed by atoms with Crippen LogP contribution < -0.4 is 5.73 Å². The number of fused-ring (bicyclic) bond motifs is 1. The van der Waals surface area contributed by atoms with Gasteiger partial charge in [-0.05, 0) is 18.1 Å². The van der Waals surface area contributed by atoms with E-state index in [-0.39, 0.29) is 23.5 Å². The van der Waals surface area contributed by atoms with E-state index in [2.05, 4.69) is 5.16 Å². The molecule has 1 unspecified atom stereocenters. The highest BCUT2D eigenvalue weighted by molar-refractivity contribution is 8.01. The zero-order valence-electron chi connectivity index (χ0n) is 10.0. The summed E-state index contributed by atoms with van der Waals surface area (Å²) in [5.74, 6) is 0.0363. The Morgan fingerprint density at radius 2 is 2.33 bits per heavy atom. The average Bonchev–Trinajstić information content (AvgIpc) is 2.81. The summed E-state index contributed by atoms with van der Waals surface area (Å²) in [6.45, 7) is 0.142. The SMILES string of the molecule is CN(CC(N)=NO)C(=O)C1Cc2ccccc2S1. The third-order valence-corrected chi connectivity index (χ3v) is 4.13. The molecule has 6 heteroatoms. The summed E-state index contributed by atoms with van der Waals surface area (Å²) in [5, 5.41) is 11.3. The number of carbonyl (C=O) groups excluding carboxylic acids is 1. The first kappa shape index (κ1) is 12.8. The van der Waals surface area contributed by atoms with Crippen LogP contribution in [-0.2, 0) is 11.2 Å². The molecule has 1 atom stereocenters. The number of amides is 1. The van der Waals surface area contributed by atoms with Gasteiger partial charge in [0.15, 0.2) is 5.84 Å². The molecule has 3 N–H and O–H groups in total. The number of carbonyl (C=O) groups is 1. The number of hydrogen-bond acceptors (Lipinski definition) is 4. The summed E-state index contributed by atoms with van der Waals surface area (Å²) in [6.07, 6.45) is 0.736. The van der Waals surface area contributed by atoms with E-state index in [0.29, 0.717) is 0 Å². The van der Waals surface area contributed by atoms with Crippen molar-refractivity contribution in [3.63, 3.8) is 0 Å². The molecule has 18 heavy (non-hydrogen) atoms. The molecule has 1 amide bonds. The molecule has 2 rings (SSSR count). The van der Waals surface area contributed by atoms with Gasteiger partial charge in [-0.3, -0.25) is 4.79 Å². The molecule has 1 aliphatic rings. The van der Waals surface area contributed by atoms with Crippen molar-refractivity contribution in [2.45, 2.75) is 16.6 Å². The molecule has 0 spiro atoms. The number of nitrogens with zero attached hydrogens (tertiary/aromatic N) is 2. The zero-order valence-corrected chi connectivity index (χ0v) is 10.9. The molecule has 0 aliphatic carbocycles. The van der Waals surface area contributed by atoms with Gasteiger partial charge in [-0.15, -0.1) is 11.8 Å². The number of hydrogen-bond donors (Lipinski definition) is 2. The Hall–Kier alpha value is -1.69. The third kappa shape index (κ3) is 2.59. The first-order valence-electron chi connectivity index (χ1n) is 5.57. The monoisotopic (exact) mass is 265 g/mol. The van der Waals surface area contributed by atoms with E-state index in [0.717, 1.165) is 11.3 Å². The van der Waals surface area contributed by atoms with Crippen LogP contribution in [0, 0.1) is 0 Å². The second-order valence-corrected chi connectivity index (χ2v) is 5.45. The maximum absolute atomic E-state index is 12.2. The van der Waals surface area contributed by atoms with Gasteiger partial charge in [0, 0.05) is 11.9 Å². The van der Waals surface area contributed by atoms with Crippen molar-refractivity contribution in [3.05, 3.63) is 29.8 Å². The topological polar surface area (TPSA) is 78.9 Å². The fourth-order valence-electron chi connectivity index (χ4n) is 1.92. The molecule has 0 saturated heterocycles. The Balaban J connectivity index is 2.01. The molecule has 0 radical (unpaired) electrons. The van der Waals surface area contributed by atoms with Crippen LogP contribution in [0.5, 0.6) is 0 Å². The summed E-state index contributed by atoms with van der Waals surface area (Å²) in [4.78, 5) is 14.8. The fraction of sp³-hybridized carbons (Fsp3) is 0.333. The highest BCUT2D eigenvalue weighted by Crippen LogP contribution is 2.37. The normalized spacial score (nSPS) is 18.5. The highest BCUT2D eigenvalue weighted by Gasteiger charge is 2.30. The first-order chi connectivity index (χ1) is 8.61. The zero-order chi connectivity index (χ0) is 13.1. The Morgan fingerprint density at radius 1 is 1.61 bits per heavy atom. The minimum atomic E-state index is -0.112. The maximum Gasteiger partial charge on any atom is 0.236 e. The van der Waals surface area contributed by atoms with E-state index in [1.54, 1.807) is 18.8 Å². The number of benzene rings is 1. The van der Waals surface area contributed by atoms with Gasteiger partial charge in [0.1, 0.15) is 0 Å². The predicted molar refractivity (Wildman–Crippen MR) is 70.8 cm³/mol. The van der Waals surface area contributed by atoms with Crippen molar-refractivity contribution in [1.29, 1.82) is 0 Å². The second-order valence-electron chi connectivity index (χ2n) is 4.20. The lowest BCUT2D eigenvalue weighted by Crippen LogP contribution is -2.40. The molecule has 0 bridgehead atoms. The van der Waals surface area contributed by atoms with Crippen LogP contribution in [-0.4, -0.2) is 40.7 Å². The minimum Gasteiger partial charge on any atom is -0.409 e. The van der Waals surface area contributed by atoms with Gasteiger partial charge in [-0.1, -0.05) is 23.4 Å². The van der Waals surface area contributed by atoms with Crippen LogP contribution >= 0.6 is 11.8 Å². The van der Waals surface area contributed by atoms with Crippen LogP contribution in [0.1, 0.15) is 5.56 Å². The van der Waals surface area contributed by atoms with Gasteiger partial charge in [0.05, 0.1) is 11.8 Å². The Labute approximate surface area is 110 Å². The smallest absolute Gasteiger partial charge is 0.236 e. The van der Waals surface area contributed by atoms with Gasteiger partial charge in [0.25, 0.3) is 0 Å². The van der Waals surface area contributed by atoms with Crippen LogP contribution in [0.15, 0.2) is 34.3 Å². The molecule has 5 nitrogen and oxygen atoms in total. The Morgan fingerprint density at radius 3 is 3.00 bits per heavy atom. The molecule has 0 aromatic heterocycles. The van der Waals surface area contributed by atoms with Crippen LogP contribution in [0.4, 0.5) is 0 Å². The van der Waals surface area contributed by atoms with E-state index in [1.165, 1.54) is 10.5 Å². The lowest BCUT2D eigenvalue weighted by Gasteiger charge is -2.19. The van der Waals surface area contributed by atoms with Crippen LogP contribution in [0.2, 0.25) is 0 Å². The fourth-order valence-corrected chi connectivity index (χ4v) is 3.23. The number of likely N-dealkylation sites (N-methyl/N-ethyl adjacent to an activating group) is 1. The quantitative estimate of drug-likeness (QED) is 0.368. The van der Waals surface area contributed by atoms with Gasteiger partial charge >= 0.3 is 0 Å². The van der Waals surface area contributed by atoms with E-state index in [9.17, 15) is 4.79 Å². The Bertz CT molecular complexity index is 465. The van der Waals surface area contributed by atoms with Gasteiger partial charge in [0.2, 0.25) is 5.91 Å². The van der Waals surface area contributed by atoms with E-state index in [1.807, 2.05) is 24.3 Å². The standard InChI is InChI=1S/C12H15N3O2S/c1-15(7-11(13)14-17)12(16)10-6-8-4-2-3-5-9(8)18-10/h2-5,10,17H,6-7H2,1H3,(H2,13,14). The van der Waals surface area contributed by atoms with E-state index in [4.69, 9.17) is 10.9 Å². The lowest BCUT2D eigenvalue weighted by molar-refractivity contribution is -0.128. The molecule has 0 saturated carbocycles. The molecule has 96 valence electrons. The van der Waals surface area contributed by atoms with Crippen molar-refractivity contribution >= 4 is 23.5 Å². The minimum absolute atomic E-state index is 0.00259. The molecule has 1 aromatic carbocycles. The number of amidine groups is 1. The van der Waals surface area contributed by atoms with Crippen LogP contribution in [0.25, 0.3) is 0 Å². The molecule has 0 fully saturated rings. The van der Waals surface area contributed by atoms with E-state index >= 15 is 0 Å². The second kappa shape index (κ2) is 5.30. The number of nitrogens with two attached hydrogens (primary N) is 1. The highest BCUT2D eigenvalue weighted by atomic mass is 32.2. The first-order valence-corrected chi connectivity index (χ1v) is 6.45. The number of oxime groups is 1. The van der Waals surface area contributed by atoms with Crippen molar-refractivity contribution in [3.8, 4) is 0 Å². The van der Waals surface area contributed by atoms with Crippen molar-refractivity contribution in [1.82, 2.24) is 4.90 Å². The van der Waals surface area contributed by atoms with Crippen molar-refractivity contribution in [2.24, 2.45) is 10.9 Å². The maximum atomic E-state index is 12.2.